The van der Waals surface area contributed by atoms with Crippen LogP contribution in [0, 0.1) is 0 Å². The van der Waals surface area contributed by atoms with Crippen molar-refractivity contribution in [2.24, 2.45) is 0 Å². The van der Waals surface area contributed by atoms with Crippen molar-refractivity contribution in [1.29, 1.82) is 0 Å². The van der Waals surface area contributed by atoms with Crippen LogP contribution in [0.2, 0.25) is 0 Å². The maximum absolute atomic E-state index is 5.62. The van der Waals surface area contributed by atoms with Crippen LogP contribution in [0.3, 0.4) is 0 Å². The van der Waals surface area contributed by atoms with Gasteiger partial charge in [-0.15, -0.1) is 0 Å². The quantitative estimate of drug-likeness (QED) is 0.849. The number of methoxy groups -OCH3 is 1. The monoisotopic (exact) mass is 356 g/mol. The molecule has 1 N–H and O–H groups in total. The van der Waals surface area contributed by atoms with Crippen LogP contribution in [0.1, 0.15) is 25.3 Å². The molecular formula is C16H25BrN2O2. The summed E-state index contributed by atoms with van der Waals surface area (Å²) >= 11 is 3.57. The Labute approximate surface area is 135 Å². The molecule has 1 atom stereocenters. The molecule has 1 aromatic carbocycles. The van der Waals surface area contributed by atoms with E-state index in [4.69, 9.17) is 9.47 Å². The highest BCUT2D eigenvalue weighted by Crippen LogP contribution is 2.36. The Morgan fingerprint density at radius 3 is 2.90 bits per heavy atom. The molecule has 1 saturated heterocycles. The Morgan fingerprint density at radius 1 is 1.43 bits per heavy atom. The van der Waals surface area contributed by atoms with Crippen molar-refractivity contribution in [3.8, 4) is 11.5 Å². The molecule has 5 heteroatoms. The number of hydrogen-bond donors (Lipinski definition) is 1. The lowest BCUT2D eigenvalue weighted by Crippen LogP contribution is -2.43. The van der Waals surface area contributed by atoms with Crippen LogP contribution < -0.4 is 14.8 Å². The van der Waals surface area contributed by atoms with E-state index in [0.717, 1.165) is 29.1 Å². The SMILES string of the molecule is CCOc1c(Br)cc(CNC2CCCN(C)C2)cc1OC. The number of nitrogens with one attached hydrogen (secondary N) is 1. The minimum absolute atomic E-state index is 0.570. The second-order valence-corrected chi connectivity index (χ2v) is 6.38. The van der Waals surface area contributed by atoms with Crippen molar-refractivity contribution >= 4 is 15.9 Å². The average molecular weight is 357 g/mol. The largest absolute Gasteiger partial charge is 0.493 e. The van der Waals surface area contributed by atoms with E-state index in [1.54, 1.807) is 7.11 Å². The molecule has 0 aliphatic carbocycles. The highest BCUT2D eigenvalue weighted by atomic mass is 79.9. The van der Waals surface area contributed by atoms with E-state index in [9.17, 15) is 0 Å². The maximum atomic E-state index is 5.62. The second kappa shape index (κ2) is 8.01. The van der Waals surface area contributed by atoms with Gasteiger partial charge in [-0.1, -0.05) is 0 Å². The number of rotatable bonds is 6. The predicted octanol–water partition coefficient (Wildman–Crippen LogP) is 3.04. The summed E-state index contributed by atoms with van der Waals surface area (Å²) in [6, 6.07) is 4.72. The molecule has 1 unspecified atom stereocenters. The lowest BCUT2D eigenvalue weighted by atomic mass is 10.1. The van der Waals surface area contributed by atoms with Gasteiger partial charge in [0.1, 0.15) is 0 Å². The molecule has 1 aliphatic heterocycles. The Bertz CT molecular complexity index is 468. The molecule has 0 aromatic heterocycles. The Balaban J connectivity index is 2.01. The zero-order valence-corrected chi connectivity index (χ0v) is 14.7. The fraction of sp³-hybridized carbons (Fsp3) is 0.625. The summed E-state index contributed by atoms with van der Waals surface area (Å²) in [4.78, 5) is 2.38. The third-order valence-corrected chi connectivity index (χ3v) is 4.39. The fourth-order valence-corrected chi connectivity index (χ4v) is 3.36. The smallest absolute Gasteiger partial charge is 0.175 e. The van der Waals surface area contributed by atoms with Gasteiger partial charge in [-0.25, -0.2) is 0 Å². The molecule has 0 saturated carbocycles. The summed E-state index contributed by atoms with van der Waals surface area (Å²) in [7, 11) is 3.86. The number of nitrogens with zero attached hydrogens (tertiary/aromatic N) is 1. The number of likely N-dealkylation sites (N-methyl/N-ethyl adjacent to an activating group) is 1. The van der Waals surface area contributed by atoms with E-state index in [-0.39, 0.29) is 0 Å². The highest BCUT2D eigenvalue weighted by Gasteiger charge is 2.17. The Hall–Kier alpha value is -0.780. The fourth-order valence-electron chi connectivity index (χ4n) is 2.75. The molecule has 1 fully saturated rings. The molecule has 21 heavy (non-hydrogen) atoms. The van der Waals surface area contributed by atoms with Crippen LogP contribution in [0.5, 0.6) is 11.5 Å². The summed E-state index contributed by atoms with van der Waals surface area (Å²) in [5, 5.41) is 3.64. The summed E-state index contributed by atoms with van der Waals surface area (Å²) in [5.41, 5.74) is 1.20. The van der Waals surface area contributed by atoms with Crippen LogP contribution in [0.25, 0.3) is 0 Å². The van der Waals surface area contributed by atoms with E-state index in [0.29, 0.717) is 12.6 Å². The van der Waals surface area contributed by atoms with Gasteiger partial charge in [0.25, 0.3) is 0 Å². The molecule has 2 rings (SSSR count). The summed E-state index contributed by atoms with van der Waals surface area (Å²) in [6.45, 7) is 5.78. The highest BCUT2D eigenvalue weighted by molar-refractivity contribution is 9.10. The molecular weight excluding hydrogens is 332 g/mol. The first-order chi connectivity index (χ1) is 10.1. The zero-order valence-electron chi connectivity index (χ0n) is 13.1. The number of likely N-dealkylation sites (tertiary alicyclic amines) is 1. The number of hydrogen-bond acceptors (Lipinski definition) is 4. The van der Waals surface area contributed by atoms with Crippen molar-refractivity contribution in [3.05, 3.63) is 22.2 Å². The summed E-state index contributed by atoms with van der Waals surface area (Å²) in [5.74, 6) is 1.56. The summed E-state index contributed by atoms with van der Waals surface area (Å²) in [6.07, 6.45) is 2.52. The van der Waals surface area contributed by atoms with Crippen molar-refractivity contribution in [1.82, 2.24) is 10.2 Å². The van der Waals surface area contributed by atoms with Crippen molar-refractivity contribution < 1.29 is 9.47 Å². The molecule has 4 nitrogen and oxygen atoms in total. The van der Waals surface area contributed by atoms with Crippen LogP contribution in [-0.2, 0) is 6.54 Å². The first kappa shape index (κ1) is 16.6. The molecule has 1 heterocycles. The standard InChI is InChI=1S/C16H25BrN2O2/c1-4-21-16-14(17)8-12(9-15(16)20-3)10-18-13-6-5-7-19(2)11-13/h8-9,13,18H,4-7,10-11H2,1-3H3. The van der Waals surface area contributed by atoms with Crippen LogP contribution >= 0.6 is 15.9 Å². The number of benzene rings is 1. The van der Waals surface area contributed by atoms with Gasteiger partial charge in [0.15, 0.2) is 11.5 Å². The normalized spacial score (nSPS) is 19.5. The lowest BCUT2D eigenvalue weighted by Gasteiger charge is -2.30. The van der Waals surface area contributed by atoms with E-state index >= 15 is 0 Å². The average Bonchev–Trinajstić information content (AvgIpc) is 2.47. The lowest BCUT2D eigenvalue weighted by molar-refractivity contribution is 0.226. The Kier molecular flexibility index (Phi) is 6.33. The van der Waals surface area contributed by atoms with Gasteiger partial charge < -0.3 is 19.7 Å². The first-order valence-corrected chi connectivity index (χ1v) is 8.34. The van der Waals surface area contributed by atoms with Crippen molar-refractivity contribution in [2.45, 2.75) is 32.4 Å². The second-order valence-electron chi connectivity index (χ2n) is 5.52. The van der Waals surface area contributed by atoms with E-state index in [2.05, 4.69) is 45.3 Å². The van der Waals surface area contributed by atoms with Crippen molar-refractivity contribution in [3.63, 3.8) is 0 Å². The number of piperidine rings is 1. The number of halogens is 1. The molecule has 1 aromatic rings. The molecule has 118 valence electrons. The minimum Gasteiger partial charge on any atom is -0.493 e. The summed E-state index contributed by atoms with van der Waals surface area (Å²) < 4.78 is 12.0. The maximum Gasteiger partial charge on any atom is 0.175 e. The van der Waals surface area contributed by atoms with Gasteiger partial charge in [0.2, 0.25) is 0 Å². The Morgan fingerprint density at radius 2 is 2.24 bits per heavy atom. The molecule has 1 aliphatic rings. The third kappa shape index (κ3) is 4.59. The van der Waals surface area contributed by atoms with Gasteiger partial charge >= 0.3 is 0 Å². The number of ether oxygens (including phenoxy) is 2. The van der Waals surface area contributed by atoms with E-state index < -0.39 is 0 Å². The van der Waals surface area contributed by atoms with Gasteiger partial charge in [0, 0.05) is 19.1 Å². The molecule has 0 amide bonds. The minimum atomic E-state index is 0.570. The van der Waals surface area contributed by atoms with E-state index in [1.807, 2.05) is 6.92 Å². The van der Waals surface area contributed by atoms with Gasteiger partial charge in [-0.3, -0.25) is 0 Å². The predicted molar refractivity (Wildman–Crippen MR) is 89.2 cm³/mol. The van der Waals surface area contributed by atoms with Gasteiger partial charge in [-0.2, -0.15) is 0 Å². The third-order valence-electron chi connectivity index (χ3n) is 3.80. The van der Waals surface area contributed by atoms with Crippen LogP contribution in [-0.4, -0.2) is 44.8 Å². The zero-order chi connectivity index (χ0) is 15.2. The molecule has 0 spiro atoms. The first-order valence-electron chi connectivity index (χ1n) is 7.55. The van der Waals surface area contributed by atoms with Crippen molar-refractivity contribution in [2.75, 3.05) is 33.9 Å². The van der Waals surface area contributed by atoms with Crippen LogP contribution in [0.4, 0.5) is 0 Å². The van der Waals surface area contributed by atoms with Gasteiger partial charge in [-0.05, 0) is 67.0 Å². The van der Waals surface area contributed by atoms with Crippen LogP contribution in [0.15, 0.2) is 16.6 Å². The topological polar surface area (TPSA) is 33.7 Å². The molecule has 0 radical (unpaired) electrons. The van der Waals surface area contributed by atoms with E-state index in [1.165, 1.54) is 24.9 Å². The molecule has 0 bridgehead atoms. The van der Waals surface area contributed by atoms with Gasteiger partial charge in [0.05, 0.1) is 18.2 Å².